The van der Waals surface area contributed by atoms with Crippen molar-refractivity contribution in [1.82, 2.24) is 9.99 Å². The molecule has 6 heteroatoms. The normalized spacial score (nSPS) is 14.7. The van der Waals surface area contributed by atoms with Crippen LogP contribution in [0.15, 0.2) is 0 Å². The molecule has 0 saturated carbocycles. The lowest BCUT2D eigenvalue weighted by Crippen LogP contribution is -2.32. The van der Waals surface area contributed by atoms with Crippen LogP contribution in [-0.2, 0) is 13.6 Å². The quantitative estimate of drug-likeness (QED) is 0.0543. The smallest absolute Gasteiger partial charge is 0.303 e. The number of likely N-dealkylation sites (N-methyl/N-ethyl adjacent to an activating group) is 1. The Hall–Kier alpha value is 0.0700. The number of unbranched alkanes of at least 4 members (excludes halogenated alkanes) is 16. The van der Waals surface area contributed by atoms with Gasteiger partial charge in [-0.3, -0.25) is 9.05 Å². The molecule has 0 rings (SSSR count). The molecule has 0 spiro atoms. The van der Waals surface area contributed by atoms with E-state index in [1.165, 1.54) is 154 Å². The van der Waals surface area contributed by atoms with Gasteiger partial charge < -0.3 is 4.90 Å². The van der Waals surface area contributed by atoms with Crippen molar-refractivity contribution in [3.63, 3.8) is 0 Å². The largest absolute Gasteiger partial charge is 0.405 e. The molecule has 0 aromatic carbocycles. The average Bonchev–Trinajstić information content (AvgIpc) is 3.03. The van der Waals surface area contributed by atoms with E-state index in [4.69, 9.17) is 9.05 Å². The molecule has 0 heterocycles. The minimum Gasteiger partial charge on any atom is -0.303 e. The number of nitrogens with one attached hydrogen (secondary N) is 1. The van der Waals surface area contributed by atoms with Gasteiger partial charge in [-0.25, -0.2) is 9.65 Å². The topological polar surface area (TPSA) is 50.8 Å². The van der Waals surface area contributed by atoms with Crippen molar-refractivity contribution in [3.05, 3.63) is 0 Å². The SMILES string of the molecule is CCCCCCCCC(CCCCCC)COP(=O)(NCCN(CC)CC)OCC(CCCCCC)CCCCCCCC. The summed E-state index contributed by atoms with van der Waals surface area (Å²) in [6.45, 7) is 18.1. The van der Waals surface area contributed by atoms with Crippen LogP contribution >= 0.6 is 7.75 Å². The van der Waals surface area contributed by atoms with Crippen molar-refractivity contribution >= 4 is 7.75 Å². The predicted molar refractivity (Wildman–Crippen MR) is 196 cm³/mol. The Balaban J connectivity index is 5.31. The summed E-state index contributed by atoms with van der Waals surface area (Å²) in [5.41, 5.74) is 0. The molecular weight excluding hydrogens is 563 g/mol. The summed E-state index contributed by atoms with van der Waals surface area (Å²) < 4.78 is 27.0. The van der Waals surface area contributed by atoms with E-state index in [-0.39, 0.29) is 0 Å². The maximum Gasteiger partial charge on any atom is 0.405 e. The molecule has 44 heavy (non-hydrogen) atoms. The molecular formula is C38H81N2O3P. The van der Waals surface area contributed by atoms with Gasteiger partial charge in [-0.1, -0.05) is 170 Å². The van der Waals surface area contributed by atoms with Crippen molar-refractivity contribution in [1.29, 1.82) is 0 Å². The molecule has 5 nitrogen and oxygen atoms in total. The highest BCUT2D eigenvalue weighted by Crippen LogP contribution is 2.45. The molecule has 0 aromatic heterocycles. The van der Waals surface area contributed by atoms with E-state index < -0.39 is 7.75 Å². The lowest BCUT2D eigenvalue weighted by molar-refractivity contribution is 0.139. The van der Waals surface area contributed by atoms with Crippen LogP contribution in [0.2, 0.25) is 0 Å². The van der Waals surface area contributed by atoms with E-state index in [2.05, 4.69) is 51.5 Å². The van der Waals surface area contributed by atoms with Crippen LogP contribution in [0, 0.1) is 11.8 Å². The fourth-order valence-corrected chi connectivity index (χ4v) is 7.63. The van der Waals surface area contributed by atoms with E-state index in [9.17, 15) is 4.57 Å². The molecule has 0 fully saturated rings. The van der Waals surface area contributed by atoms with Crippen LogP contribution in [0.3, 0.4) is 0 Å². The molecule has 0 radical (unpaired) electrons. The first-order valence-corrected chi connectivity index (χ1v) is 21.4. The van der Waals surface area contributed by atoms with E-state index in [1.807, 2.05) is 0 Å². The van der Waals surface area contributed by atoms with Crippen molar-refractivity contribution in [3.8, 4) is 0 Å². The molecule has 2 unspecified atom stereocenters. The van der Waals surface area contributed by atoms with Gasteiger partial charge in [0, 0.05) is 13.1 Å². The third kappa shape index (κ3) is 27.2. The molecule has 0 aromatic rings. The summed E-state index contributed by atoms with van der Waals surface area (Å²) in [4.78, 5) is 2.36. The van der Waals surface area contributed by atoms with E-state index in [1.54, 1.807) is 0 Å². The summed E-state index contributed by atoms with van der Waals surface area (Å²) in [5, 5.41) is 3.31. The van der Waals surface area contributed by atoms with Crippen molar-refractivity contribution in [2.24, 2.45) is 11.8 Å². The monoisotopic (exact) mass is 645 g/mol. The first-order chi connectivity index (χ1) is 21.5. The molecule has 0 aliphatic carbocycles. The molecule has 0 bridgehead atoms. The molecule has 2 atom stereocenters. The average molecular weight is 645 g/mol. The molecule has 0 amide bonds. The van der Waals surface area contributed by atoms with Gasteiger partial charge in [0.15, 0.2) is 0 Å². The Morgan fingerprint density at radius 3 is 1.16 bits per heavy atom. The van der Waals surface area contributed by atoms with Crippen LogP contribution in [-0.4, -0.2) is 44.3 Å². The van der Waals surface area contributed by atoms with Gasteiger partial charge in [-0.05, 0) is 50.6 Å². The predicted octanol–water partition coefficient (Wildman–Crippen LogP) is 12.7. The van der Waals surface area contributed by atoms with Crippen LogP contribution in [0.4, 0.5) is 0 Å². The third-order valence-corrected chi connectivity index (χ3v) is 11.0. The number of nitrogens with zero attached hydrogens (tertiary/aromatic N) is 1. The summed E-state index contributed by atoms with van der Waals surface area (Å²) in [6.07, 6.45) is 30.7. The lowest BCUT2D eigenvalue weighted by Gasteiger charge is -2.26. The maximum absolute atomic E-state index is 14.3. The molecule has 266 valence electrons. The Morgan fingerprint density at radius 1 is 0.500 bits per heavy atom. The van der Waals surface area contributed by atoms with E-state index in [0.29, 0.717) is 31.6 Å². The van der Waals surface area contributed by atoms with Crippen LogP contribution in [0.5, 0.6) is 0 Å². The number of rotatable bonds is 36. The summed E-state index contributed by atoms with van der Waals surface area (Å²) >= 11 is 0. The van der Waals surface area contributed by atoms with Gasteiger partial charge in [-0.2, -0.15) is 0 Å². The van der Waals surface area contributed by atoms with Crippen LogP contribution in [0.25, 0.3) is 0 Å². The Kier molecular flexibility index (Phi) is 33.0. The Labute approximate surface area is 277 Å². The zero-order valence-corrected chi connectivity index (χ0v) is 31.9. The summed E-state index contributed by atoms with van der Waals surface area (Å²) in [7, 11) is -3.38. The molecule has 0 aliphatic rings. The van der Waals surface area contributed by atoms with Crippen LogP contribution in [0.1, 0.15) is 196 Å². The second-order valence-electron chi connectivity index (χ2n) is 13.6. The minimum absolute atomic E-state index is 0.465. The third-order valence-electron chi connectivity index (χ3n) is 9.45. The number of hydrogen-bond donors (Lipinski definition) is 1. The fourth-order valence-electron chi connectivity index (χ4n) is 6.19. The van der Waals surface area contributed by atoms with Gasteiger partial charge in [0.05, 0.1) is 13.2 Å². The van der Waals surface area contributed by atoms with Crippen LogP contribution < -0.4 is 5.09 Å². The first-order valence-electron chi connectivity index (χ1n) is 19.8. The van der Waals surface area contributed by atoms with E-state index in [0.717, 1.165) is 19.6 Å². The van der Waals surface area contributed by atoms with Gasteiger partial charge in [-0.15, -0.1) is 0 Å². The standard InChI is InChI=1S/C38H81N2O3P/c1-7-13-17-21-23-27-31-37(29-25-19-15-9-3)35-42-44(41,39-33-34-40(11-5)12-6)43-36-38(30-26-20-16-10-4)32-28-24-22-18-14-8-2/h37-38H,7-36H2,1-6H3,(H,39,41). The van der Waals surface area contributed by atoms with E-state index >= 15 is 0 Å². The Morgan fingerprint density at radius 2 is 0.818 bits per heavy atom. The minimum atomic E-state index is -3.38. The molecule has 1 N–H and O–H groups in total. The highest BCUT2D eigenvalue weighted by atomic mass is 31.2. The Bertz CT molecular complexity index is 577. The molecule has 0 saturated heterocycles. The molecule has 0 aliphatic heterocycles. The van der Waals surface area contributed by atoms with Gasteiger partial charge >= 0.3 is 7.75 Å². The van der Waals surface area contributed by atoms with Gasteiger partial charge in [0.2, 0.25) is 0 Å². The summed E-state index contributed by atoms with van der Waals surface area (Å²) in [6, 6.07) is 0. The first kappa shape index (κ1) is 44.1. The maximum atomic E-state index is 14.3. The number of hydrogen-bond acceptors (Lipinski definition) is 4. The van der Waals surface area contributed by atoms with Crippen molar-refractivity contribution in [2.75, 3.05) is 39.4 Å². The van der Waals surface area contributed by atoms with Gasteiger partial charge in [0.25, 0.3) is 0 Å². The summed E-state index contributed by atoms with van der Waals surface area (Å²) in [5.74, 6) is 0.931. The highest BCUT2D eigenvalue weighted by molar-refractivity contribution is 7.51. The fraction of sp³-hybridized carbons (Fsp3) is 1.00. The van der Waals surface area contributed by atoms with Gasteiger partial charge in [0.1, 0.15) is 0 Å². The second-order valence-corrected chi connectivity index (χ2v) is 15.4. The lowest BCUT2D eigenvalue weighted by atomic mass is 9.95. The van der Waals surface area contributed by atoms with Crippen molar-refractivity contribution < 1.29 is 13.6 Å². The second kappa shape index (κ2) is 33.0. The van der Waals surface area contributed by atoms with Crippen molar-refractivity contribution in [2.45, 2.75) is 196 Å². The zero-order chi connectivity index (χ0) is 32.6. The highest BCUT2D eigenvalue weighted by Gasteiger charge is 2.28. The zero-order valence-electron chi connectivity index (χ0n) is 31.0.